The van der Waals surface area contributed by atoms with Crippen molar-refractivity contribution >= 4 is 50.2 Å². The number of hydrogen-bond acceptors (Lipinski definition) is 2. The third-order valence-electron chi connectivity index (χ3n) is 3.17. The lowest BCUT2D eigenvalue weighted by molar-refractivity contribution is 0.0883. The van der Waals surface area contributed by atoms with Crippen LogP contribution in [0.15, 0.2) is 16.6 Å². The molecule has 0 saturated carbocycles. The first-order chi connectivity index (χ1) is 8.97. The quantitative estimate of drug-likeness (QED) is 0.660. The Morgan fingerprint density at radius 2 is 2.32 bits per heavy atom. The number of aliphatic hydroxyl groups excluding tert-OH is 1. The maximum absolute atomic E-state index is 12.2. The Kier molecular flexibility index (Phi) is 5.08. The van der Waals surface area contributed by atoms with Gasteiger partial charge in [0.25, 0.3) is 0 Å². The molecular weight excluding hydrogens is 423 g/mol. The molecule has 0 spiro atoms. The maximum Gasteiger partial charge on any atom is 0.321 e. The molecule has 2 amide bonds. The van der Waals surface area contributed by atoms with Gasteiger partial charge in [-0.2, -0.15) is 0 Å². The minimum absolute atomic E-state index is 0.137. The first-order valence-electron chi connectivity index (χ1n) is 6.17. The molecule has 104 valence electrons. The van der Waals surface area contributed by atoms with E-state index in [-0.39, 0.29) is 6.03 Å². The molecule has 1 fully saturated rings. The van der Waals surface area contributed by atoms with Crippen LogP contribution in [-0.4, -0.2) is 35.2 Å². The van der Waals surface area contributed by atoms with Gasteiger partial charge in [0.1, 0.15) is 0 Å². The Labute approximate surface area is 134 Å². The lowest BCUT2D eigenvalue weighted by Crippen LogP contribution is -2.44. The number of likely N-dealkylation sites (tertiary alicyclic amines) is 1. The number of nitrogens with zero attached hydrogens (tertiary/aromatic N) is 1. The summed E-state index contributed by atoms with van der Waals surface area (Å²) >= 11 is 5.64. The summed E-state index contributed by atoms with van der Waals surface area (Å²) in [6.45, 7) is 3.08. The average molecular weight is 439 g/mol. The number of piperidine rings is 1. The van der Waals surface area contributed by atoms with Crippen LogP contribution in [0.25, 0.3) is 0 Å². The molecule has 1 saturated heterocycles. The molecule has 4 nitrogen and oxygen atoms in total. The topological polar surface area (TPSA) is 52.6 Å². The number of urea groups is 1. The fourth-order valence-electron chi connectivity index (χ4n) is 2.19. The van der Waals surface area contributed by atoms with Crippen LogP contribution < -0.4 is 5.32 Å². The van der Waals surface area contributed by atoms with E-state index >= 15 is 0 Å². The molecule has 0 bridgehead atoms. The van der Waals surface area contributed by atoms with Gasteiger partial charge < -0.3 is 15.3 Å². The predicted molar refractivity (Wildman–Crippen MR) is 87.4 cm³/mol. The Bertz CT molecular complexity index is 473. The van der Waals surface area contributed by atoms with Crippen LogP contribution >= 0.6 is 38.5 Å². The van der Waals surface area contributed by atoms with Crippen LogP contribution in [-0.2, 0) is 0 Å². The van der Waals surface area contributed by atoms with E-state index in [0.717, 1.165) is 32.1 Å². The van der Waals surface area contributed by atoms with Crippen molar-refractivity contribution in [2.75, 3.05) is 18.4 Å². The highest BCUT2D eigenvalue weighted by molar-refractivity contribution is 14.1. The molecule has 0 radical (unpaired) electrons. The van der Waals surface area contributed by atoms with Crippen molar-refractivity contribution in [3.05, 3.63) is 25.7 Å². The molecule has 1 aromatic rings. The summed E-state index contributed by atoms with van der Waals surface area (Å²) < 4.78 is 2.00. The van der Waals surface area contributed by atoms with Crippen LogP contribution in [0.2, 0.25) is 0 Å². The molecule has 1 atom stereocenters. The number of β-amino-alcohol motifs (C(OH)–C–C–N with tert-alkyl or cyclic N) is 1. The van der Waals surface area contributed by atoms with Gasteiger partial charge in [0.2, 0.25) is 0 Å². The molecule has 2 N–H and O–H groups in total. The van der Waals surface area contributed by atoms with Gasteiger partial charge in [0, 0.05) is 21.1 Å². The highest BCUT2D eigenvalue weighted by Crippen LogP contribution is 2.27. The lowest BCUT2D eigenvalue weighted by atomic mass is 10.1. The van der Waals surface area contributed by atoms with Crippen LogP contribution in [0.5, 0.6) is 0 Å². The minimum Gasteiger partial charge on any atom is -0.391 e. The van der Waals surface area contributed by atoms with Crippen LogP contribution in [0.4, 0.5) is 10.5 Å². The van der Waals surface area contributed by atoms with Crippen molar-refractivity contribution in [3.8, 4) is 0 Å². The number of nitrogens with one attached hydrogen (secondary N) is 1. The van der Waals surface area contributed by atoms with Crippen molar-refractivity contribution in [1.29, 1.82) is 0 Å². The summed E-state index contributed by atoms with van der Waals surface area (Å²) in [5, 5.41) is 12.6. The second-order valence-corrected chi connectivity index (χ2v) is 6.83. The summed E-state index contributed by atoms with van der Waals surface area (Å²) in [5.74, 6) is 0. The molecule has 1 aliphatic rings. The van der Waals surface area contributed by atoms with Crippen molar-refractivity contribution in [2.24, 2.45) is 0 Å². The third-order valence-corrected chi connectivity index (χ3v) is 4.48. The number of anilines is 1. The number of aryl methyl sites for hydroxylation is 1. The second kappa shape index (κ2) is 6.41. The first-order valence-corrected chi connectivity index (χ1v) is 8.04. The van der Waals surface area contributed by atoms with E-state index < -0.39 is 6.10 Å². The van der Waals surface area contributed by atoms with E-state index in [2.05, 4.69) is 43.8 Å². The number of carbonyl (C=O) groups excluding carboxylic acids is 1. The zero-order chi connectivity index (χ0) is 14.0. The number of hydrogen-bond donors (Lipinski definition) is 2. The van der Waals surface area contributed by atoms with Crippen LogP contribution in [0.1, 0.15) is 18.4 Å². The first kappa shape index (κ1) is 15.1. The molecule has 1 aromatic carbocycles. The van der Waals surface area contributed by atoms with Gasteiger partial charge in [-0.05, 0) is 60.1 Å². The Morgan fingerprint density at radius 3 is 2.95 bits per heavy atom. The van der Waals surface area contributed by atoms with Gasteiger partial charge in [-0.3, -0.25) is 0 Å². The average Bonchev–Trinajstić information content (AvgIpc) is 2.33. The van der Waals surface area contributed by atoms with E-state index in [0.29, 0.717) is 13.1 Å². The molecular formula is C13H16BrIN2O2. The molecule has 0 aromatic heterocycles. The van der Waals surface area contributed by atoms with E-state index in [1.54, 1.807) is 4.90 Å². The molecule has 19 heavy (non-hydrogen) atoms. The van der Waals surface area contributed by atoms with Gasteiger partial charge in [0.15, 0.2) is 0 Å². The van der Waals surface area contributed by atoms with Gasteiger partial charge in [-0.15, -0.1) is 0 Å². The van der Waals surface area contributed by atoms with Crippen molar-refractivity contribution < 1.29 is 9.90 Å². The summed E-state index contributed by atoms with van der Waals surface area (Å²) in [6.07, 6.45) is 1.23. The molecule has 0 unspecified atom stereocenters. The Balaban J connectivity index is 2.10. The molecule has 1 aliphatic heterocycles. The predicted octanol–water partition coefficient (Wildman–Crippen LogP) is 3.35. The zero-order valence-electron chi connectivity index (χ0n) is 10.6. The second-order valence-electron chi connectivity index (χ2n) is 4.75. The van der Waals surface area contributed by atoms with E-state index in [9.17, 15) is 9.90 Å². The fraction of sp³-hybridized carbons (Fsp3) is 0.462. The Morgan fingerprint density at radius 1 is 1.58 bits per heavy atom. The highest BCUT2D eigenvalue weighted by Gasteiger charge is 2.22. The van der Waals surface area contributed by atoms with E-state index in [4.69, 9.17) is 0 Å². The number of benzene rings is 1. The standard InChI is InChI=1S/C13H16BrIN2O2/c1-8-5-9(14)6-11(15)12(8)16-13(19)17-4-2-3-10(18)7-17/h5-6,10,18H,2-4,7H2,1H3,(H,16,19)/t10-/m1/s1. The molecule has 2 rings (SSSR count). The largest absolute Gasteiger partial charge is 0.391 e. The number of aliphatic hydroxyl groups is 1. The van der Waals surface area contributed by atoms with Gasteiger partial charge in [0.05, 0.1) is 11.8 Å². The van der Waals surface area contributed by atoms with E-state index in [1.165, 1.54) is 0 Å². The van der Waals surface area contributed by atoms with Crippen molar-refractivity contribution in [3.63, 3.8) is 0 Å². The molecule has 6 heteroatoms. The zero-order valence-corrected chi connectivity index (χ0v) is 14.4. The number of rotatable bonds is 1. The van der Waals surface area contributed by atoms with Gasteiger partial charge in [-0.1, -0.05) is 15.9 Å². The van der Waals surface area contributed by atoms with Crippen molar-refractivity contribution in [1.82, 2.24) is 4.90 Å². The van der Waals surface area contributed by atoms with Crippen LogP contribution in [0, 0.1) is 10.5 Å². The summed E-state index contributed by atoms with van der Waals surface area (Å²) in [5.41, 5.74) is 1.86. The molecule has 0 aliphatic carbocycles. The highest BCUT2D eigenvalue weighted by atomic mass is 127. The summed E-state index contributed by atoms with van der Waals surface area (Å²) in [4.78, 5) is 13.9. The Hall–Kier alpha value is -0.340. The van der Waals surface area contributed by atoms with Gasteiger partial charge in [-0.25, -0.2) is 4.79 Å². The minimum atomic E-state index is -0.399. The maximum atomic E-state index is 12.2. The van der Waals surface area contributed by atoms with Gasteiger partial charge >= 0.3 is 6.03 Å². The normalized spacial score (nSPS) is 19.4. The van der Waals surface area contributed by atoms with Crippen LogP contribution in [0.3, 0.4) is 0 Å². The summed E-state index contributed by atoms with van der Waals surface area (Å²) in [6, 6.07) is 3.80. The lowest BCUT2D eigenvalue weighted by Gasteiger charge is -2.30. The number of halogens is 2. The van der Waals surface area contributed by atoms with Crippen molar-refractivity contribution in [2.45, 2.75) is 25.9 Å². The number of carbonyl (C=O) groups is 1. The fourth-order valence-corrected chi connectivity index (χ4v) is 4.08. The third kappa shape index (κ3) is 3.82. The summed E-state index contributed by atoms with van der Waals surface area (Å²) in [7, 11) is 0. The SMILES string of the molecule is Cc1cc(Br)cc(I)c1NC(=O)N1CCC[C@@H](O)C1. The molecule has 1 heterocycles. The van der Waals surface area contributed by atoms with E-state index in [1.807, 2.05) is 19.1 Å². The number of amides is 2. The monoisotopic (exact) mass is 438 g/mol. The smallest absolute Gasteiger partial charge is 0.321 e.